The molecule has 1 aromatic carbocycles. The van der Waals surface area contributed by atoms with Gasteiger partial charge in [0.05, 0.1) is 0 Å². The number of ether oxygens (including phenoxy) is 1. The van der Waals surface area contributed by atoms with Gasteiger partial charge in [0.15, 0.2) is 17.5 Å². The van der Waals surface area contributed by atoms with Crippen LogP contribution in [0.15, 0.2) is 30.3 Å². The standard InChI is InChI=1S/C15H16F2N2O/c1-15(2,3)9-4-6-10(7-5-9)20-14-12(17)8-11(16)13(18)19-14/h4-8H,1-3H3,(H2,18,19). The maximum atomic E-state index is 13.5. The summed E-state index contributed by atoms with van der Waals surface area (Å²) in [4.78, 5) is 3.54. The van der Waals surface area contributed by atoms with Crippen molar-refractivity contribution in [2.24, 2.45) is 0 Å². The number of benzene rings is 1. The summed E-state index contributed by atoms with van der Waals surface area (Å²) in [7, 11) is 0. The van der Waals surface area contributed by atoms with Crippen LogP contribution in [0.4, 0.5) is 14.6 Å². The number of nitrogens with zero attached hydrogens (tertiary/aromatic N) is 1. The predicted octanol–water partition coefficient (Wildman–Crippen LogP) is 4.03. The molecule has 2 aromatic rings. The Morgan fingerprint density at radius 1 is 1.05 bits per heavy atom. The molecule has 0 atom stereocenters. The monoisotopic (exact) mass is 278 g/mol. The van der Waals surface area contributed by atoms with Gasteiger partial charge in [0.2, 0.25) is 0 Å². The topological polar surface area (TPSA) is 48.1 Å². The zero-order chi connectivity index (χ0) is 14.9. The van der Waals surface area contributed by atoms with Gasteiger partial charge in [0.1, 0.15) is 5.75 Å². The van der Waals surface area contributed by atoms with Crippen molar-refractivity contribution in [1.29, 1.82) is 0 Å². The van der Waals surface area contributed by atoms with Crippen LogP contribution in [0.5, 0.6) is 11.6 Å². The molecule has 3 nitrogen and oxygen atoms in total. The van der Waals surface area contributed by atoms with Gasteiger partial charge in [-0.3, -0.25) is 0 Å². The largest absolute Gasteiger partial charge is 0.436 e. The van der Waals surface area contributed by atoms with Crippen molar-refractivity contribution < 1.29 is 13.5 Å². The first-order valence-corrected chi connectivity index (χ1v) is 6.17. The van der Waals surface area contributed by atoms with Gasteiger partial charge in [-0.2, -0.15) is 4.98 Å². The van der Waals surface area contributed by atoms with E-state index in [4.69, 9.17) is 10.5 Å². The normalized spacial score (nSPS) is 11.4. The SMILES string of the molecule is CC(C)(C)c1ccc(Oc2nc(N)c(F)cc2F)cc1. The van der Waals surface area contributed by atoms with Crippen LogP contribution in [0.2, 0.25) is 0 Å². The number of halogens is 2. The van der Waals surface area contributed by atoms with E-state index in [0.29, 0.717) is 11.8 Å². The van der Waals surface area contributed by atoms with E-state index < -0.39 is 17.5 Å². The van der Waals surface area contributed by atoms with Gasteiger partial charge in [-0.25, -0.2) is 8.78 Å². The fourth-order valence-corrected chi connectivity index (χ4v) is 1.67. The first kappa shape index (κ1) is 14.2. The van der Waals surface area contributed by atoms with Crippen LogP contribution in [-0.2, 0) is 5.41 Å². The molecule has 5 heteroatoms. The summed E-state index contributed by atoms with van der Waals surface area (Å²) in [6.45, 7) is 6.26. The zero-order valence-electron chi connectivity index (χ0n) is 11.6. The second-order valence-electron chi connectivity index (χ2n) is 5.52. The van der Waals surface area contributed by atoms with E-state index in [0.717, 1.165) is 5.56 Å². The van der Waals surface area contributed by atoms with E-state index in [1.54, 1.807) is 12.1 Å². The highest BCUT2D eigenvalue weighted by atomic mass is 19.1. The molecular weight excluding hydrogens is 262 g/mol. The Morgan fingerprint density at radius 2 is 1.65 bits per heavy atom. The molecule has 0 aliphatic heterocycles. The molecule has 0 unspecified atom stereocenters. The molecule has 0 saturated heterocycles. The number of aromatic nitrogens is 1. The molecule has 0 radical (unpaired) electrons. The van der Waals surface area contributed by atoms with Crippen LogP contribution in [0.1, 0.15) is 26.3 Å². The summed E-state index contributed by atoms with van der Waals surface area (Å²) in [6.07, 6.45) is 0. The highest BCUT2D eigenvalue weighted by Gasteiger charge is 2.15. The van der Waals surface area contributed by atoms with Crippen molar-refractivity contribution in [2.75, 3.05) is 5.73 Å². The fraction of sp³-hybridized carbons (Fsp3) is 0.267. The van der Waals surface area contributed by atoms with Gasteiger partial charge in [0, 0.05) is 6.07 Å². The molecule has 20 heavy (non-hydrogen) atoms. The number of anilines is 1. The quantitative estimate of drug-likeness (QED) is 0.902. The lowest BCUT2D eigenvalue weighted by Gasteiger charge is -2.19. The Balaban J connectivity index is 2.25. The molecule has 1 heterocycles. The highest BCUT2D eigenvalue weighted by molar-refractivity contribution is 5.38. The smallest absolute Gasteiger partial charge is 0.258 e. The minimum Gasteiger partial charge on any atom is -0.436 e. The Labute approximate surface area is 116 Å². The Kier molecular flexibility index (Phi) is 3.61. The third-order valence-corrected chi connectivity index (χ3v) is 2.86. The average Bonchev–Trinajstić information content (AvgIpc) is 2.35. The third-order valence-electron chi connectivity index (χ3n) is 2.86. The zero-order valence-corrected chi connectivity index (χ0v) is 11.6. The molecule has 106 valence electrons. The molecule has 0 saturated carbocycles. The molecule has 2 rings (SSSR count). The first-order chi connectivity index (χ1) is 9.27. The van der Waals surface area contributed by atoms with E-state index in [-0.39, 0.29) is 11.3 Å². The van der Waals surface area contributed by atoms with Gasteiger partial charge in [-0.15, -0.1) is 0 Å². The van der Waals surface area contributed by atoms with Gasteiger partial charge < -0.3 is 10.5 Å². The second kappa shape index (κ2) is 5.07. The van der Waals surface area contributed by atoms with Gasteiger partial charge in [-0.1, -0.05) is 32.9 Å². The number of hydrogen-bond acceptors (Lipinski definition) is 3. The van der Waals surface area contributed by atoms with Crippen molar-refractivity contribution in [3.05, 3.63) is 47.5 Å². The van der Waals surface area contributed by atoms with Crippen molar-refractivity contribution >= 4 is 5.82 Å². The van der Waals surface area contributed by atoms with Crippen LogP contribution in [0.3, 0.4) is 0 Å². The van der Waals surface area contributed by atoms with Crippen molar-refractivity contribution in [3.63, 3.8) is 0 Å². The molecular formula is C15H16F2N2O. The first-order valence-electron chi connectivity index (χ1n) is 6.17. The van der Waals surface area contributed by atoms with Crippen LogP contribution in [0, 0.1) is 11.6 Å². The maximum absolute atomic E-state index is 13.5. The molecule has 0 spiro atoms. The minimum absolute atomic E-state index is 0.0162. The van der Waals surface area contributed by atoms with Crippen LogP contribution < -0.4 is 10.5 Å². The van der Waals surface area contributed by atoms with E-state index in [9.17, 15) is 8.78 Å². The molecule has 0 aliphatic carbocycles. The van der Waals surface area contributed by atoms with Crippen LogP contribution in [-0.4, -0.2) is 4.98 Å². The lowest BCUT2D eigenvalue weighted by molar-refractivity contribution is 0.418. The Morgan fingerprint density at radius 3 is 2.20 bits per heavy atom. The number of hydrogen-bond donors (Lipinski definition) is 1. The van der Waals surface area contributed by atoms with Crippen molar-refractivity contribution in [2.45, 2.75) is 26.2 Å². The molecule has 0 aliphatic rings. The molecule has 1 aromatic heterocycles. The summed E-state index contributed by atoms with van der Waals surface area (Å²) in [6, 6.07) is 7.85. The van der Waals surface area contributed by atoms with Crippen molar-refractivity contribution in [3.8, 4) is 11.6 Å². The number of nitrogen functional groups attached to an aromatic ring is 1. The van der Waals surface area contributed by atoms with Gasteiger partial charge >= 0.3 is 0 Å². The molecule has 0 amide bonds. The summed E-state index contributed by atoms with van der Waals surface area (Å²) in [5.74, 6) is -2.12. The molecule has 2 N–H and O–H groups in total. The Hall–Kier alpha value is -2.17. The second-order valence-corrected chi connectivity index (χ2v) is 5.52. The maximum Gasteiger partial charge on any atom is 0.258 e. The number of nitrogens with two attached hydrogens (primary N) is 1. The highest BCUT2D eigenvalue weighted by Crippen LogP contribution is 2.28. The summed E-state index contributed by atoms with van der Waals surface area (Å²) < 4.78 is 31.8. The summed E-state index contributed by atoms with van der Waals surface area (Å²) in [5, 5.41) is 0. The Bertz CT molecular complexity index is 619. The minimum atomic E-state index is -0.905. The van der Waals surface area contributed by atoms with Gasteiger partial charge in [0.25, 0.3) is 5.88 Å². The lowest BCUT2D eigenvalue weighted by Crippen LogP contribution is -2.10. The molecule has 0 bridgehead atoms. The van der Waals surface area contributed by atoms with E-state index >= 15 is 0 Å². The average molecular weight is 278 g/mol. The van der Waals surface area contributed by atoms with Crippen LogP contribution >= 0.6 is 0 Å². The van der Waals surface area contributed by atoms with Crippen LogP contribution in [0.25, 0.3) is 0 Å². The van der Waals surface area contributed by atoms with E-state index in [2.05, 4.69) is 25.8 Å². The third kappa shape index (κ3) is 3.04. The van der Waals surface area contributed by atoms with Gasteiger partial charge in [-0.05, 0) is 23.1 Å². The van der Waals surface area contributed by atoms with Crippen molar-refractivity contribution in [1.82, 2.24) is 4.98 Å². The molecule has 0 fully saturated rings. The van der Waals surface area contributed by atoms with E-state index in [1.807, 2.05) is 12.1 Å². The van der Waals surface area contributed by atoms with E-state index in [1.165, 1.54) is 0 Å². The number of pyridine rings is 1. The predicted molar refractivity (Wildman–Crippen MR) is 73.8 cm³/mol. The fourth-order valence-electron chi connectivity index (χ4n) is 1.67. The summed E-state index contributed by atoms with van der Waals surface area (Å²) in [5.41, 5.74) is 6.43. The summed E-state index contributed by atoms with van der Waals surface area (Å²) >= 11 is 0. The number of rotatable bonds is 2. The lowest BCUT2D eigenvalue weighted by atomic mass is 9.87.